The van der Waals surface area contributed by atoms with Gasteiger partial charge in [-0.1, -0.05) is 30.3 Å². The lowest BCUT2D eigenvalue weighted by atomic mass is 10.1. The predicted molar refractivity (Wildman–Crippen MR) is 96.2 cm³/mol. The molecule has 3 aromatic rings. The van der Waals surface area contributed by atoms with Gasteiger partial charge < -0.3 is 9.47 Å². The van der Waals surface area contributed by atoms with Crippen LogP contribution in [-0.4, -0.2) is 16.9 Å². The molecule has 0 amide bonds. The first-order valence-corrected chi connectivity index (χ1v) is 7.89. The first-order valence-electron chi connectivity index (χ1n) is 7.89. The maximum Gasteiger partial charge on any atom is 0.344 e. The zero-order valence-corrected chi connectivity index (χ0v) is 14.1. The first-order chi connectivity index (χ1) is 13.1. The number of nitriles is 1. The van der Waals surface area contributed by atoms with E-state index in [0.29, 0.717) is 5.56 Å². The highest BCUT2D eigenvalue weighted by molar-refractivity contribution is 5.91. The molecule has 0 N–H and O–H groups in total. The molecule has 6 heteroatoms. The average Bonchev–Trinajstić information content (AvgIpc) is 2.69. The average molecular weight is 357 g/mol. The van der Waals surface area contributed by atoms with Crippen molar-refractivity contribution in [1.82, 2.24) is 4.98 Å². The minimum atomic E-state index is -0.689. The fourth-order valence-electron chi connectivity index (χ4n) is 2.16. The molecule has 0 unspecified atom stereocenters. The van der Waals surface area contributed by atoms with E-state index in [2.05, 4.69) is 11.9 Å². The van der Waals surface area contributed by atoms with Crippen molar-refractivity contribution in [2.45, 2.75) is 0 Å². The summed E-state index contributed by atoms with van der Waals surface area (Å²) in [6.07, 6.45) is 0. The summed E-state index contributed by atoms with van der Waals surface area (Å²) in [6.45, 7) is 3.74. The normalized spacial score (nSPS) is 9.93. The molecule has 0 aliphatic rings. The molecule has 0 fully saturated rings. The Kier molecular flexibility index (Phi) is 5.24. The number of hydrogen-bond acceptors (Lipinski definition) is 6. The summed E-state index contributed by atoms with van der Waals surface area (Å²) < 4.78 is 10.4. The fraction of sp³-hybridized carbons (Fsp3) is 0. The third-order valence-electron chi connectivity index (χ3n) is 3.54. The van der Waals surface area contributed by atoms with Crippen molar-refractivity contribution in [2.75, 3.05) is 0 Å². The molecule has 131 valence electrons. The van der Waals surface area contributed by atoms with Crippen molar-refractivity contribution < 1.29 is 19.1 Å². The van der Waals surface area contributed by atoms with Crippen LogP contribution in [0.2, 0.25) is 0 Å². The molecule has 3 rings (SSSR count). The number of rotatable bonds is 4. The minimum Gasteiger partial charge on any atom is -0.404 e. The third kappa shape index (κ3) is 4.35. The molecular formula is C21H13N2O4. The highest BCUT2D eigenvalue weighted by atomic mass is 16.6. The van der Waals surface area contributed by atoms with E-state index in [0.717, 1.165) is 5.56 Å². The van der Waals surface area contributed by atoms with Gasteiger partial charge in [0.2, 0.25) is 11.8 Å². The summed E-state index contributed by atoms with van der Waals surface area (Å²) >= 11 is 0. The third-order valence-corrected chi connectivity index (χ3v) is 3.54. The van der Waals surface area contributed by atoms with Gasteiger partial charge in [0.1, 0.15) is 11.6 Å². The molecule has 1 aromatic heterocycles. The van der Waals surface area contributed by atoms with Crippen molar-refractivity contribution in [3.63, 3.8) is 0 Å². The number of carbonyl (C=O) groups excluding carboxylic acids is 2. The van der Waals surface area contributed by atoms with E-state index >= 15 is 0 Å². The molecule has 1 heterocycles. The van der Waals surface area contributed by atoms with Gasteiger partial charge in [-0.25, -0.2) is 9.59 Å². The second-order valence-electron chi connectivity index (χ2n) is 5.46. The number of carbonyl (C=O) groups is 2. The Morgan fingerprint density at radius 2 is 1.48 bits per heavy atom. The van der Waals surface area contributed by atoms with Crippen LogP contribution in [0.3, 0.4) is 0 Å². The Balaban J connectivity index is 1.81. The van der Waals surface area contributed by atoms with Crippen LogP contribution in [0.25, 0.3) is 0 Å². The minimum absolute atomic E-state index is 0.0386. The molecule has 0 saturated heterocycles. The van der Waals surface area contributed by atoms with Crippen molar-refractivity contribution >= 4 is 11.9 Å². The van der Waals surface area contributed by atoms with Crippen LogP contribution >= 0.6 is 0 Å². The Hall–Kier alpha value is -3.98. The highest BCUT2D eigenvalue weighted by Gasteiger charge is 2.16. The second-order valence-corrected chi connectivity index (χ2v) is 5.46. The number of esters is 2. The molecule has 0 spiro atoms. The van der Waals surface area contributed by atoms with Crippen LogP contribution in [0.4, 0.5) is 0 Å². The molecule has 0 saturated carbocycles. The molecule has 0 atom stereocenters. The molecule has 2 aromatic carbocycles. The summed E-state index contributed by atoms with van der Waals surface area (Å²) in [5.74, 6) is -1.63. The SMILES string of the molecule is [CH2]c1ccc(C(=O)Oc2nc(OC(=O)c3ccccc3)ccc2C#N)cc1. The predicted octanol–water partition coefficient (Wildman–Crippen LogP) is 3.57. The topological polar surface area (TPSA) is 89.3 Å². The van der Waals surface area contributed by atoms with Gasteiger partial charge in [-0.05, 0) is 42.8 Å². The Morgan fingerprint density at radius 1 is 0.852 bits per heavy atom. The molecule has 0 bridgehead atoms. The van der Waals surface area contributed by atoms with Crippen LogP contribution in [-0.2, 0) is 0 Å². The van der Waals surface area contributed by atoms with Crippen LogP contribution in [0.1, 0.15) is 31.8 Å². The van der Waals surface area contributed by atoms with Crippen molar-refractivity contribution in [3.8, 4) is 17.8 Å². The van der Waals surface area contributed by atoms with Gasteiger partial charge in [0.05, 0.1) is 11.1 Å². The van der Waals surface area contributed by atoms with Crippen molar-refractivity contribution in [2.24, 2.45) is 0 Å². The largest absolute Gasteiger partial charge is 0.404 e. The second kappa shape index (κ2) is 7.93. The van der Waals surface area contributed by atoms with Gasteiger partial charge in [-0.15, -0.1) is 0 Å². The highest BCUT2D eigenvalue weighted by Crippen LogP contribution is 2.21. The van der Waals surface area contributed by atoms with E-state index in [1.54, 1.807) is 54.6 Å². The monoisotopic (exact) mass is 357 g/mol. The molecule has 1 radical (unpaired) electrons. The first kappa shape index (κ1) is 17.8. The lowest BCUT2D eigenvalue weighted by molar-refractivity contribution is 0.0717. The molecule has 0 aliphatic heterocycles. The van der Waals surface area contributed by atoms with E-state index in [-0.39, 0.29) is 22.9 Å². The zero-order valence-electron chi connectivity index (χ0n) is 14.1. The number of benzene rings is 2. The van der Waals surface area contributed by atoms with Gasteiger partial charge in [-0.2, -0.15) is 10.2 Å². The molecule has 6 nitrogen and oxygen atoms in total. The number of aromatic nitrogens is 1. The maximum absolute atomic E-state index is 12.2. The standard InChI is InChI=1S/C21H13N2O4/c1-14-7-9-16(10-8-14)21(25)27-19-17(13-22)11-12-18(23-19)26-20(24)15-5-3-2-4-6-15/h2-12H,1H2. The zero-order chi connectivity index (χ0) is 19.2. The quantitative estimate of drug-likeness (QED) is 0.663. The summed E-state index contributed by atoms with van der Waals surface area (Å²) in [5, 5.41) is 9.19. The summed E-state index contributed by atoms with van der Waals surface area (Å²) in [7, 11) is 0. The van der Waals surface area contributed by atoms with E-state index in [1.165, 1.54) is 12.1 Å². The van der Waals surface area contributed by atoms with E-state index < -0.39 is 11.9 Å². The number of hydrogen-bond donors (Lipinski definition) is 0. The van der Waals surface area contributed by atoms with Gasteiger partial charge in [0.15, 0.2) is 0 Å². The van der Waals surface area contributed by atoms with Crippen LogP contribution in [0.5, 0.6) is 11.8 Å². The number of pyridine rings is 1. The lowest BCUT2D eigenvalue weighted by Crippen LogP contribution is -2.13. The number of ether oxygens (including phenoxy) is 2. The molecule has 0 aliphatic carbocycles. The van der Waals surface area contributed by atoms with Gasteiger partial charge in [-0.3, -0.25) is 0 Å². The van der Waals surface area contributed by atoms with Crippen LogP contribution in [0.15, 0.2) is 66.7 Å². The fourth-order valence-corrected chi connectivity index (χ4v) is 2.16. The number of nitrogens with zero attached hydrogens (tertiary/aromatic N) is 2. The maximum atomic E-state index is 12.2. The van der Waals surface area contributed by atoms with E-state index in [9.17, 15) is 14.9 Å². The summed E-state index contributed by atoms with van der Waals surface area (Å²) in [4.78, 5) is 28.3. The van der Waals surface area contributed by atoms with Crippen molar-refractivity contribution in [1.29, 1.82) is 5.26 Å². The lowest BCUT2D eigenvalue weighted by Gasteiger charge is -2.08. The van der Waals surface area contributed by atoms with Gasteiger partial charge in [0, 0.05) is 6.07 Å². The van der Waals surface area contributed by atoms with E-state index in [4.69, 9.17) is 9.47 Å². The molecular weight excluding hydrogens is 344 g/mol. The smallest absolute Gasteiger partial charge is 0.344 e. The Bertz CT molecular complexity index is 1020. The Labute approximate surface area is 155 Å². The van der Waals surface area contributed by atoms with E-state index in [1.807, 2.05) is 6.07 Å². The van der Waals surface area contributed by atoms with Crippen LogP contribution in [0, 0.1) is 18.3 Å². The van der Waals surface area contributed by atoms with Crippen LogP contribution < -0.4 is 9.47 Å². The van der Waals surface area contributed by atoms with Gasteiger partial charge >= 0.3 is 11.9 Å². The van der Waals surface area contributed by atoms with Gasteiger partial charge in [0.25, 0.3) is 0 Å². The van der Waals surface area contributed by atoms with Crippen molar-refractivity contribution in [3.05, 3.63) is 95.9 Å². The Morgan fingerprint density at radius 3 is 2.15 bits per heavy atom. The molecule has 27 heavy (non-hydrogen) atoms. The summed E-state index contributed by atoms with van der Waals surface area (Å²) in [5.41, 5.74) is 1.41. The summed E-state index contributed by atoms with van der Waals surface area (Å²) in [6, 6.07) is 19.4.